The molecule has 1 heterocycles. The van der Waals surface area contributed by atoms with Gasteiger partial charge in [0.1, 0.15) is 17.6 Å². The largest absolute Gasteiger partial charge is 0.458 e. The van der Waals surface area contributed by atoms with Crippen LogP contribution in [0, 0.1) is 5.92 Å². The lowest BCUT2D eigenvalue weighted by Crippen LogP contribution is -2.58. The zero-order valence-corrected chi connectivity index (χ0v) is 20.0. The van der Waals surface area contributed by atoms with Crippen molar-refractivity contribution >= 4 is 32.0 Å². The molecule has 0 aliphatic carbocycles. The molecule has 2 unspecified atom stereocenters. The Labute approximate surface area is 169 Å². The van der Waals surface area contributed by atoms with E-state index in [0.29, 0.717) is 6.61 Å². The van der Waals surface area contributed by atoms with Crippen molar-refractivity contribution in [2.75, 3.05) is 12.4 Å². The van der Waals surface area contributed by atoms with Crippen LogP contribution in [-0.4, -0.2) is 56.4 Å². The molecule has 0 aromatic rings. The number of carbonyl (C=O) groups excluding carboxylic acids is 2. The van der Waals surface area contributed by atoms with Crippen LogP contribution in [0.5, 0.6) is 0 Å². The molecule has 1 saturated heterocycles. The molecule has 8 heteroatoms. The first-order chi connectivity index (χ1) is 12.3. The summed E-state index contributed by atoms with van der Waals surface area (Å²) in [6.07, 6.45) is -1.72. The second-order valence-electron chi connectivity index (χ2n) is 8.58. The summed E-state index contributed by atoms with van der Waals surface area (Å²) in [7, 11) is -2.00. The standard InChI is InChI=1S/C19H36O6SSi/c1-10-26-18-12(2)16(23-13(3)20)17(24-14(4)21)15(25-18)11-22-27(8,9)19(5,6)7/h12,15-18H,10-11H2,1-9H3/t12-,15?,16-,17+,18?/m1/s1. The smallest absolute Gasteiger partial charge is 0.303 e. The molecule has 0 aromatic carbocycles. The molecule has 1 aliphatic rings. The predicted molar refractivity (Wildman–Crippen MR) is 110 cm³/mol. The number of hydrogen-bond donors (Lipinski definition) is 0. The highest BCUT2D eigenvalue weighted by atomic mass is 32.2. The summed E-state index contributed by atoms with van der Waals surface area (Å²) >= 11 is 1.66. The second-order valence-corrected chi connectivity index (χ2v) is 14.8. The van der Waals surface area contributed by atoms with Crippen LogP contribution in [0.2, 0.25) is 18.1 Å². The van der Waals surface area contributed by atoms with Crippen LogP contribution in [0.3, 0.4) is 0 Å². The van der Waals surface area contributed by atoms with Gasteiger partial charge in [0.15, 0.2) is 14.4 Å². The van der Waals surface area contributed by atoms with Crippen molar-refractivity contribution in [3.8, 4) is 0 Å². The predicted octanol–water partition coefficient (Wildman–Crippen LogP) is 3.99. The Balaban J connectivity index is 3.10. The van der Waals surface area contributed by atoms with E-state index >= 15 is 0 Å². The van der Waals surface area contributed by atoms with E-state index < -0.39 is 38.6 Å². The molecule has 6 nitrogen and oxygen atoms in total. The fourth-order valence-electron chi connectivity index (χ4n) is 2.74. The van der Waals surface area contributed by atoms with Crippen molar-refractivity contribution < 1.29 is 28.2 Å². The van der Waals surface area contributed by atoms with Gasteiger partial charge in [-0.05, 0) is 23.9 Å². The van der Waals surface area contributed by atoms with Crippen molar-refractivity contribution in [3.63, 3.8) is 0 Å². The monoisotopic (exact) mass is 420 g/mol. The summed E-state index contributed by atoms with van der Waals surface area (Å²) in [5.74, 6) is -0.0510. The van der Waals surface area contributed by atoms with E-state index in [1.165, 1.54) is 13.8 Å². The molecule has 1 aliphatic heterocycles. The van der Waals surface area contributed by atoms with Crippen molar-refractivity contribution in [2.24, 2.45) is 5.92 Å². The number of carbonyl (C=O) groups is 2. The normalized spacial score (nSPS) is 29.3. The summed E-state index contributed by atoms with van der Waals surface area (Å²) in [4.78, 5) is 23.4. The lowest BCUT2D eigenvalue weighted by molar-refractivity contribution is -0.214. The molecule has 158 valence electrons. The van der Waals surface area contributed by atoms with Gasteiger partial charge in [-0.15, -0.1) is 11.8 Å². The molecule has 27 heavy (non-hydrogen) atoms. The SMILES string of the molecule is CCSC1OC(CO[Si](C)(C)C(C)(C)C)[C@H](OC(C)=O)[C@H](OC(C)=O)[C@H]1C. The minimum atomic E-state index is -2.00. The quantitative estimate of drug-likeness (QED) is 0.455. The van der Waals surface area contributed by atoms with Gasteiger partial charge in [0.05, 0.1) is 6.61 Å². The maximum Gasteiger partial charge on any atom is 0.303 e. The van der Waals surface area contributed by atoms with Crippen molar-refractivity contribution in [3.05, 3.63) is 0 Å². The van der Waals surface area contributed by atoms with Crippen LogP contribution in [0.25, 0.3) is 0 Å². The maximum atomic E-state index is 11.7. The van der Waals surface area contributed by atoms with E-state index in [0.717, 1.165) is 5.75 Å². The van der Waals surface area contributed by atoms with Gasteiger partial charge in [0, 0.05) is 19.8 Å². The number of rotatable bonds is 7. The Hall–Kier alpha value is -0.573. The Bertz CT molecular complexity index is 519. The van der Waals surface area contributed by atoms with Gasteiger partial charge in [0.25, 0.3) is 0 Å². The lowest BCUT2D eigenvalue weighted by Gasteiger charge is -2.45. The van der Waals surface area contributed by atoms with Crippen LogP contribution in [0.15, 0.2) is 0 Å². The van der Waals surface area contributed by atoms with E-state index in [4.69, 9.17) is 18.6 Å². The van der Waals surface area contributed by atoms with E-state index in [9.17, 15) is 9.59 Å². The first-order valence-electron chi connectivity index (χ1n) is 9.55. The van der Waals surface area contributed by atoms with Gasteiger partial charge < -0.3 is 18.6 Å². The van der Waals surface area contributed by atoms with E-state index in [1.54, 1.807) is 11.8 Å². The van der Waals surface area contributed by atoms with Gasteiger partial charge >= 0.3 is 11.9 Å². The van der Waals surface area contributed by atoms with Crippen molar-refractivity contribution in [2.45, 2.75) is 90.3 Å². The number of esters is 2. The second kappa shape index (κ2) is 9.76. The van der Waals surface area contributed by atoms with Crippen LogP contribution in [0.4, 0.5) is 0 Å². The molecular weight excluding hydrogens is 384 g/mol. The molecule has 1 rings (SSSR count). The van der Waals surface area contributed by atoms with Crippen molar-refractivity contribution in [1.29, 1.82) is 0 Å². The van der Waals surface area contributed by atoms with Crippen LogP contribution >= 0.6 is 11.8 Å². The van der Waals surface area contributed by atoms with Gasteiger partial charge in [-0.2, -0.15) is 0 Å². The maximum absolute atomic E-state index is 11.7. The molecular formula is C19H36O6SSi. The van der Waals surface area contributed by atoms with Crippen LogP contribution in [-0.2, 0) is 28.2 Å². The van der Waals surface area contributed by atoms with E-state index in [-0.39, 0.29) is 16.4 Å². The van der Waals surface area contributed by atoms with Crippen LogP contribution in [0.1, 0.15) is 48.5 Å². The minimum absolute atomic E-state index is 0.0543. The highest BCUT2D eigenvalue weighted by Gasteiger charge is 2.49. The number of thioether (sulfide) groups is 1. The van der Waals surface area contributed by atoms with E-state index in [1.807, 2.05) is 6.92 Å². The first-order valence-corrected chi connectivity index (χ1v) is 13.5. The zero-order valence-electron chi connectivity index (χ0n) is 18.2. The average Bonchev–Trinajstić information content (AvgIpc) is 2.50. The van der Waals surface area contributed by atoms with Crippen LogP contribution < -0.4 is 0 Å². The molecule has 0 radical (unpaired) electrons. The summed E-state index contributed by atoms with van der Waals surface area (Å²) in [5.41, 5.74) is -0.154. The molecule has 0 N–H and O–H groups in total. The average molecular weight is 421 g/mol. The molecule has 5 atom stereocenters. The fraction of sp³-hybridized carbons (Fsp3) is 0.895. The number of ether oxygens (including phenoxy) is 3. The summed E-state index contributed by atoms with van der Waals surface area (Å²) in [5, 5.41) is 0.0543. The third-order valence-corrected chi connectivity index (χ3v) is 11.0. The molecule has 0 spiro atoms. The Morgan fingerprint density at radius 1 is 1.07 bits per heavy atom. The molecule has 1 fully saturated rings. The fourth-order valence-corrected chi connectivity index (χ4v) is 4.76. The molecule has 0 amide bonds. The minimum Gasteiger partial charge on any atom is -0.458 e. The van der Waals surface area contributed by atoms with Crippen molar-refractivity contribution in [1.82, 2.24) is 0 Å². The Morgan fingerprint density at radius 3 is 2.04 bits per heavy atom. The molecule has 0 bridgehead atoms. The summed E-state index contributed by atoms with van der Waals surface area (Å²) in [6.45, 7) is 17.9. The van der Waals surface area contributed by atoms with Gasteiger partial charge in [0.2, 0.25) is 0 Å². The summed E-state index contributed by atoms with van der Waals surface area (Å²) in [6, 6.07) is 0. The first kappa shape index (κ1) is 24.5. The summed E-state index contributed by atoms with van der Waals surface area (Å²) < 4.78 is 23.7. The molecule has 0 aromatic heterocycles. The van der Waals surface area contributed by atoms with Gasteiger partial charge in [-0.25, -0.2) is 0 Å². The Kier molecular flexibility index (Phi) is 8.84. The van der Waals surface area contributed by atoms with E-state index in [2.05, 4.69) is 40.8 Å². The highest BCUT2D eigenvalue weighted by molar-refractivity contribution is 7.99. The van der Waals surface area contributed by atoms with Gasteiger partial charge in [-0.1, -0.05) is 34.6 Å². The van der Waals surface area contributed by atoms with Gasteiger partial charge in [-0.3, -0.25) is 9.59 Å². The molecule has 0 saturated carbocycles. The third kappa shape index (κ3) is 6.76. The lowest BCUT2D eigenvalue weighted by atomic mass is 9.93. The Morgan fingerprint density at radius 2 is 1.59 bits per heavy atom. The number of hydrogen-bond acceptors (Lipinski definition) is 7. The topological polar surface area (TPSA) is 71.1 Å². The highest BCUT2D eigenvalue weighted by Crippen LogP contribution is 2.39. The zero-order chi connectivity index (χ0) is 21.0. The third-order valence-electron chi connectivity index (χ3n) is 5.30.